The van der Waals surface area contributed by atoms with Gasteiger partial charge in [-0.05, 0) is 55.5 Å². The van der Waals surface area contributed by atoms with E-state index in [9.17, 15) is 0 Å². The molecule has 0 spiro atoms. The van der Waals surface area contributed by atoms with Crippen LogP contribution in [0.1, 0.15) is 37.3 Å². The van der Waals surface area contributed by atoms with Gasteiger partial charge in [-0.15, -0.1) is 0 Å². The largest absolute Gasteiger partial charge is 0.384 e. The van der Waals surface area contributed by atoms with Crippen LogP contribution in [0.3, 0.4) is 0 Å². The van der Waals surface area contributed by atoms with Gasteiger partial charge in [0.05, 0.1) is 10.9 Å². The van der Waals surface area contributed by atoms with Crippen LogP contribution < -0.4 is 11.5 Å². The fourth-order valence-corrected chi connectivity index (χ4v) is 4.50. The Bertz CT molecular complexity index is 1200. The van der Waals surface area contributed by atoms with Crippen LogP contribution in [0, 0.1) is 0 Å². The minimum atomic E-state index is -1.18. The molecule has 3 aromatic heterocycles. The molecule has 6 nitrogen and oxygen atoms in total. The minimum Gasteiger partial charge on any atom is -0.384 e. The summed E-state index contributed by atoms with van der Waals surface area (Å²) in [4.78, 5) is 12.8. The molecule has 1 unspecified atom stereocenters. The van der Waals surface area contributed by atoms with Crippen LogP contribution in [0.5, 0.6) is 0 Å². The summed E-state index contributed by atoms with van der Waals surface area (Å²) in [6.07, 6.45) is 6.42. The van der Waals surface area contributed by atoms with Crippen molar-refractivity contribution in [3.8, 4) is 0 Å². The quantitative estimate of drug-likeness (QED) is 0.544. The number of benzene rings is 1. The average molecular weight is 390 g/mol. The highest BCUT2D eigenvalue weighted by molar-refractivity contribution is 5.86. The van der Waals surface area contributed by atoms with Crippen molar-refractivity contribution in [3.05, 3.63) is 54.5 Å². The number of alkyl halides is 1. The molecule has 7 heteroatoms. The summed E-state index contributed by atoms with van der Waals surface area (Å²) < 4.78 is 17.6. The summed E-state index contributed by atoms with van der Waals surface area (Å²) in [7, 11) is 0. The molecule has 4 aromatic rings. The molecule has 1 aliphatic carbocycles. The van der Waals surface area contributed by atoms with Gasteiger partial charge in [0, 0.05) is 24.0 Å². The first-order chi connectivity index (χ1) is 14.0. The first-order valence-electron chi connectivity index (χ1n) is 9.92. The number of pyridine rings is 1. The van der Waals surface area contributed by atoms with E-state index in [1.165, 1.54) is 6.33 Å². The van der Waals surface area contributed by atoms with Gasteiger partial charge in [-0.3, -0.25) is 0 Å². The second-order valence-electron chi connectivity index (χ2n) is 8.03. The maximum absolute atomic E-state index is 15.6. The van der Waals surface area contributed by atoms with Gasteiger partial charge in [0.1, 0.15) is 29.3 Å². The van der Waals surface area contributed by atoms with E-state index in [1.54, 1.807) is 6.07 Å². The van der Waals surface area contributed by atoms with Crippen LogP contribution >= 0.6 is 0 Å². The Hall–Kier alpha value is -3.22. The SMILES string of the molecule is Nc1ccc2ccc(CC[C@]3(F)CCC(n4ccc5c(N)ncnc54)C3)cc2n1. The van der Waals surface area contributed by atoms with Crippen molar-refractivity contribution >= 4 is 33.6 Å². The zero-order valence-corrected chi connectivity index (χ0v) is 16.1. The van der Waals surface area contributed by atoms with Crippen molar-refractivity contribution in [3.63, 3.8) is 0 Å². The molecule has 0 aliphatic heterocycles. The molecule has 0 radical (unpaired) electrons. The highest BCUT2D eigenvalue weighted by Gasteiger charge is 2.40. The lowest BCUT2D eigenvalue weighted by Crippen LogP contribution is -2.20. The predicted molar refractivity (Wildman–Crippen MR) is 113 cm³/mol. The lowest BCUT2D eigenvalue weighted by molar-refractivity contribution is 0.153. The summed E-state index contributed by atoms with van der Waals surface area (Å²) in [5.41, 5.74) is 13.3. The van der Waals surface area contributed by atoms with Crippen molar-refractivity contribution in [2.75, 3.05) is 11.5 Å². The Morgan fingerprint density at radius 1 is 1.14 bits per heavy atom. The van der Waals surface area contributed by atoms with E-state index in [4.69, 9.17) is 11.5 Å². The molecule has 1 aliphatic rings. The topological polar surface area (TPSA) is 95.6 Å². The number of rotatable bonds is 4. The number of nitrogens with two attached hydrogens (primary N) is 2. The highest BCUT2D eigenvalue weighted by atomic mass is 19.1. The maximum Gasteiger partial charge on any atom is 0.145 e. The van der Waals surface area contributed by atoms with Crippen molar-refractivity contribution in [2.45, 2.75) is 43.8 Å². The Kier molecular flexibility index (Phi) is 4.12. The molecular weight excluding hydrogens is 367 g/mol. The Labute approximate surface area is 167 Å². The van der Waals surface area contributed by atoms with E-state index in [2.05, 4.69) is 25.6 Å². The molecule has 2 atom stereocenters. The molecule has 0 bridgehead atoms. The van der Waals surface area contributed by atoms with Gasteiger partial charge in [0.15, 0.2) is 0 Å². The van der Waals surface area contributed by atoms with E-state index in [-0.39, 0.29) is 6.04 Å². The number of nitrogens with zero attached hydrogens (tertiary/aromatic N) is 4. The van der Waals surface area contributed by atoms with Crippen molar-refractivity contribution in [2.24, 2.45) is 0 Å². The third-order valence-electron chi connectivity index (χ3n) is 6.10. The number of aromatic nitrogens is 4. The van der Waals surface area contributed by atoms with Crippen LogP contribution in [-0.2, 0) is 6.42 Å². The predicted octanol–water partition coefficient (Wildman–Crippen LogP) is 4.21. The number of hydrogen-bond donors (Lipinski definition) is 2. The molecule has 5 rings (SSSR count). The van der Waals surface area contributed by atoms with Gasteiger partial charge in [0.25, 0.3) is 0 Å². The molecule has 3 heterocycles. The maximum atomic E-state index is 15.6. The van der Waals surface area contributed by atoms with Crippen molar-refractivity contribution in [1.82, 2.24) is 19.5 Å². The Morgan fingerprint density at radius 3 is 2.90 bits per heavy atom. The van der Waals surface area contributed by atoms with Gasteiger partial charge in [0.2, 0.25) is 0 Å². The Balaban J connectivity index is 1.31. The normalized spacial score (nSPS) is 21.9. The third-order valence-corrected chi connectivity index (χ3v) is 6.10. The zero-order valence-electron chi connectivity index (χ0n) is 16.1. The van der Waals surface area contributed by atoms with Crippen LogP contribution in [0.15, 0.2) is 48.9 Å². The minimum absolute atomic E-state index is 0.0878. The van der Waals surface area contributed by atoms with Gasteiger partial charge >= 0.3 is 0 Å². The molecule has 4 N–H and O–H groups in total. The molecule has 29 heavy (non-hydrogen) atoms. The zero-order chi connectivity index (χ0) is 20.0. The molecule has 1 fully saturated rings. The van der Waals surface area contributed by atoms with E-state index in [0.717, 1.165) is 33.9 Å². The summed E-state index contributed by atoms with van der Waals surface area (Å²) in [5.74, 6) is 0.961. The van der Waals surface area contributed by atoms with E-state index < -0.39 is 5.67 Å². The molecular formula is C22H23FN6. The van der Waals surface area contributed by atoms with Gasteiger partial charge in [-0.1, -0.05) is 12.1 Å². The lowest BCUT2D eigenvalue weighted by atomic mass is 9.94. The average Bonchev–Trinajstić information content (AvgIpc) is 3.31. The molecule has 1 aromatic carbocycles. The third kappa shape index (κ3) is 3.26. The first-order valence-corrected chi connectivity index (χ1v) is 9.92. The summed E-state index contributed by atoms with van der Waals surface area (Å²) >= 11 is 0. The number of hydrogen-bond acceptors (Lipinski definition) is 5. The van der Waals surface area contributed by atoms with Crippen molar-refractivity contribution in [1.29, 1.82) is 0 Å². The van der Waals surface area contributed by atoms with E-state index in [1.807, 2.05) is 30.5 Å². The van der Waals surface area contributed by atoms with Crippen LogP contribution in [-0.4, -0.2) is 25.2 Å². The summed E-state index contributed by atoms with van der Waals surface area (Å²) in [5, 5.41) is 1.87. The van der Waals surface area contributed by atoms with Crippen LogP contribution in [0.25, 0.3) is 21.9 Å². The number of aryl methyl sites for hydroxylation is 1. The number of nitrogen functional groups attached to an aromatic ring is 2. The Morgan fingerprint density at radius 2 is 2.00 bits per heavy atom. The number of halogens is 1. The van der Waals surface area contributed by atoms with E-state index >= 15 is 4.39 Å². The summed E-state index contributed by atoms with van der Waals surface area (Å²) in [6, 6.07) is 11.8. The molecule has 0 saturated heterocycles. The molecule has 1 saturated carbocycles. The van der Waals surface area contributed by atoms with Gasteiger partial charge in [-0.25, -0.2) is 19.3 Å². The van der Waals surface area contributed by atoms with Gasteiger partial charge in [-0.2, -0.15) is 0 Å². The fourth-order valence-electron chi connectivity index (χ4n) is 4.50. The van der Waals surface area contributed by atoms with Crippen LogP contribution in [0.4, 0.5) is 16.0 Å². The smallest absolute Gasteiger partial charge is 0.145 e. The molecule has 148 valence electrons. The van der Waals surface area contributed by atoms with Crippen molar-refractivity contribution < 1.29 is 4.39 Å². The lowest BCUT2D eigenvalue weighted by Gasteiger charge is -2.20. The van der Waals surface area contributed by atoms with Gasteiger partial charge < -0.3 is 16.0 Å². The number of anilines is 2. The second kappa shape index (κ2) is 6.69. The monoisotopic (exact) mass is 390 g/mol. The fraction of sp³-hybridized carbons (Fsp3) is 0.318. The van der Waals surface area contributed by atoms with Crippen LogP contribution in [0.2, 0.25) is 0 Å². The highest BCUT2D eigenvalue weighted by Crippen LogP contribution is 2.44. The summed E-state index contributed by atoms with van der Waals surface area (Å²) in [6.45, 7) is 0. The molecule has 0 amide bonds. The van der Waals surface area contributed by atoms with E-state index in [0.29, 0.717) is 37.3 Å². The first kappa shape index (κ1) is 17.8. The standard InChI is InChI=1S/C22H23FN6/c23-22(8-5-14-1-2-15-3-4-19(24)28-18(15)11-14)9-6-16(12-22)29-10-7-17-20(25)26-13-27-21(17)29/h1-4,7,10-11,13,16H,5-6,8-9,12H2,(H2,24,28)(H2,25,26,27)/t16?,22-/m0/s1. The second-order valence-corrected chi connectivity index (χ2v) is 8.03. The number of fused-ring (bicyclic) bond motifs is 2.